The largest absolute Gasteiger partial charge is 0.356 e. The first kappa shape index (κ1) is 15.9. The fourth-order valence-corrected chi connectivity index (χ4v) is 1.54. The van der Waals surface area contributed by atoms with Crippen molar-refractivity contribution in [1.82, 2.24) is 10.2 Å². The van der Waals surface area contributed by atoms with Crippen LogP contribution in [0.5, 0.6) is 0 Å². The summed E-state index contributed by atoms with van der Waals surface area (Å²) in [5.41, 5.74) is 5.34. The SMILES string of the molecule is CCN(CC)C(=O)CCC(=O)NCCCCN. The number of nitrogens with one attached hydrogen (secondary N) is 1. The highest BCUT2D eigenvalue weighted by molar-refractivity contribution is 5.83. The molecule has 0 bridgehead atoms. The van der Waals surface area contributed by atoms with Gasteiger partial charge in [-0.25, -0.2) is 0 Å². The lowest BCUT2D eigenvalue weighted by Gasteiger charge is -2.18. The Morgan fingerprint density at radius 2 is 1.76 bits per heavy atom. The van der Waals surface area contributed by atoms with Crippen LogP contribution in [0.1, 0.15) is 39.5 Å². The fourth-order valence-electron chi connectivity index (χ4n) is 1.54. The molecule has 0 heterocycles. The predicted octanol–water partition coefficient (Wildman–Crippen LogP) is 0.490. The van der Waals surface area contributed by atoms with Gasteiger partial charge < -0.3 is 16.0 Å². The molecule has 100 valence electrons. The summed E-state index contributed by atoms with van der Waals surface area (Å²) in [6.45, 7) is 6.58. The third kappa shape index (κ3) is 7.74. The maximum Gasteiger partial charge on any atom is 0.223 e. The average Bonchev–Trinajstić information content (AvgIpc) is 2.33. The Kier molecular flexibility index (Phi) is 9.43. The van der Waals surface area contributed by atoms with Crippen LogP contribution in [-0.2, 0) is 9.59 Å². The Hall–Kier alpha value is -1.10. The lowest BCUT2D eigenvalue weighted by molar-refractivity contribution is -0.133. The van der Waals surface area contributed by atoms with Crippen molar-refractivity contribution in [2.24, 2.45) is 5.73 Å². The summed E-state index contributed by atoms with van der Waals surface area (Å²) in [6, 6.07) is 0. The molecule has 0 atom stereocenters. The fraction of sp³-hybridized carbons (Fsp3) is 0.833. The van der Waals surface area contributed by atoms with Gasteiger partial charge in [-0.1, -0.05) is 0 Å². The minimum absolute atomic E-state index is 0.0482. The molecule has 0 rings (SSSR count). The molecule has 0 saturated carbocycles. The quantitative estimate of drug-likeness (QED) is 0.579. The van der Waals surface area contributed by atoms with E-state index in [9.17, 15) is 9.59 Å². The van der Waals surface area contributed by atoms with E-state index in [1.54, 1.807) is 4.90 Å². The van der Waals surface area contributed by atoms with Crippen molar-refractivity contribution in [3.63, 3.8) is 0 Å². The maximum atomic E-state index is 11.6. The lowest BCUT2D eigenvalue weighted by Crippen LogP contribution is -2.32. The van der Waals surface area contributed by atoms with Gasteiger partial charge in [0.2, 0.25) is 11.8 Å². The number of rotatable bonds is 9. The van der Waals surface area contributed by atoms with Crippen LogP contribution in [0.15, 0.2) is 0 Å². The number of amides is 2. The summed E-state index contributed by atoms with van der Waals surface area (Å²) < 4.78 is 0. The van der Waals surface area contributed by atoms with Crippen molar-refractivity contribution in [3.8, 4) is 0 Å². The number of unbranched alkanes of at least 4 members (excludes halogenated alkanes) is 1. The van der Waals surface area contributed by atoms with Crippen LogP contribution in [0.3, 0.4) is 0 Å². The van der Waals surface area contributed by atoms with Gasteiger partial charge in [0.1, 0.15) is 0 Å². The molecular weight excluding hydrogens is 218 g/mol. The topological polar surface area (TPSA) is 75.4 Å². The van der Waals surface area contributed by atoms with Crippen LogP contribution in [0, 0.1) is 0 Å². The van der Waals surface area contributed by atoms with E-state index >= 15 is 0 Å². The summed E-state index contributed by atoms with van der Waals surface area (Å²) in [7, 11) is 0. The van der Waals surface area contributed by atoms with Crippen molar-refractivity contribution < 1.29 is 9.59 Å². The van der Waals surface area contributed by atoms with E-state index in [-0.39, 0.29) is 18.2 Å². The van der Waals surface area contributed by atoms with E-state index in [1.807, 2.05) is 13.8 Å². The van der Waals surface area contributed by atoms with Gasteiger partial charge in [-0.2, -0.15) is 0 Å². The molecule has 5 heteroatoms. The first-order chi connectivity index (χ1) is 8.15. The second-order valence-corrected chi connectivity index (χ2v) is 3.91. The van der Waals surface area contributed by atoms with E-state index in [2.05, 4.69) is 5.32 Å². The molecule has 17 heavy (non-hydrogen) atoms. The zero-order valence-corrected chi connectivity index (χ0v) is 11.0. The summed E-state index contributed by atoms with van der Waals surface area (Å²) in [6.07, 6.45) is 2.38. The molecule has 0 aromatic heterocycles. The molecular formula is C12H25N3O2. The van der Waals surface area contributed by atoms with Crippen LogP contribution in [0.4, 0.5) is 0 Å². The zero-order valence-electron chi connectivity index (χ0n) is 11.0. The number of hydrogen-bond donors (Lipinski definition) is 2. The molecule has 0 aliphatic heterocycles. The molecule has 0 aromatic carbocycles. The number of nitrogens with zero attached hydrogens (tertiary/aromatic N) is 1. The van der Waals surface area contributed by atoms with Gasteiger partial charge in [0.05, 0.1) is 0 Å². The molecule has 5 nitrogen and oxygen atoms in total. The molecule has 0 unspecified atom stereocenters. The van der Waals surface area contributed by atoms with Crippen LogP contribution in [-0.4, -0.2) is 42.9 Å². The van der Waals surface area contributed by atoms with Gasteiger partial charge in [-0.3, -0.25) is 9.59 Å². The van der Waals surface area contributed by atoms with Gasteiger partial charge in [-0.15, -0.1) is 0 Å². The third-order valence-corrected chi connectivity index (χ3v) is 2.64. The molecule has 0 spiro atoms. The van der Waals surface area contributed by atoms with Gasteiger partial charge >= 0.3 is 0 Å². The molecule has 0 radical (unpaired) electrons. The molecule has 0 aromatic rings. The minimum atomic E-state index is -0.0532. The number of nitrogens with two attached hydrogens (primary N) is 1. The second kappa shape index (κ2) is 10.1. The number of hydrogen-bond acceptors (Lipinski definition) is 3. The van der Waals surface area contributed by atoms with Crippen LogP contribution < -0.4 is 11.1 Å². The van der Waals surface area contributed by atoms with Crippen molar-refractivity contribution in [2.75, 3.05) is 26.2 Å². The normalized spacial score (nSPS) is 10.1. The standard InChI is InChI=1S/C12H25N3O2/c1-3-15(4-2)12(17)8-7-11(16)14-10-6-5-9-13/h3-10,13H2,1-2H3,(H,14,16). The van der Waals surface area contributed by atoms with Crippen molar-refractivity contribution in [3.05, 3.63) is 0 Å². The monoisotopic (exact) mass is 243 g/mol. The van der Waals surface area contributed by atoms with Gasteiger partial charge in [0.25, 0.3) is 0 Å². The Morgan fingerprint density at radius 1 is 1.12 bits per heavy atom. The van der Waals surface area contributed by atoms with E-state index in [0.717, 1.165) is 12.8 Å². The first-order valence-corrected chi connectivity index (χ1v) is 6.40. The summed E-state index contributed by atoms with van der Waals surface area (Å²) in [5.74, 6) is -0.00497. The smallest absolute Gasteiger partial charge is 0.223 e. The molecule has 0 aliphatic carbocycles. The van der Waals surface area contributed by atoms with Crippen LogP contribution in [0.25, 0.3) is 0 Å². The van der Waals surface area contributed by atoms with Crippen molar-refractivity contribution >= 4 is 11.8 Å². The van der Waals surface area contributed by atoms with Crippen molar-refractivity contribution in [2.45, 2.75) is 39.5 Å². The summed E-state index contributed by atoms with van der Waals surface area (Å²) >= 11 is 0. The highest BCUT2D eigenvalue weighted by Gasteiger charge is 2.11. The van der Waals surface area contributed by atoms with Crippen LogP contribution in [0.2, 0.25) is 0 Å². The van der Waals surface area contributed by atoms with E-state index in [4.69, 9.17) is 5.73 Å². The van der Waals surface area contributed by atoms with Gasteiger partial charge in [0.15, 0.2) is 0 Å². The average molecular weight is 243 g/mol. The van der Waals surface area contributed by atoms with Gasteiger partial charge in [-0.05, 0) is 33.2 Å². The summed E-state index contributed by atoms with van der Waals surface area (Å²) in [4.78, 5) is 24.8. The number of carbonyl (C=O) groups excluding carboxylic acids is 2. The second-order valence-electron chi connectivity index (χ2n) is 3.91. The zero-order chi connectivity index (χ0) is 13.1. The van der Waals surface area contributed by atoms with E-state index < -0.39 is 0 Å². The number of carbonyl (C=O) groups is 2. The lowest BCUT2D eigenvalue weighted by atomic mass is 10.2. The molecule has 0 fully saturated rings. The van der Waals surface area contributed by atoms with Crippen molar-refractivity contribution in [1.29, 1.82) is 0 Å². The highest BCUT2D eigenvalue weighted by Crippen LogP contribution is 1.98. The Balaban J connectivity index is 3.65. The van der Waals surface area contributed by atoms with Gasteiger partial charge in [0, 0.05) is 32.5 Å². The Morgan fingerprint density at radius 3 is 2.29 bits per heavy atom. The Labute approximate surface area is 104 Å². The molecule has 3 N–H and O–H groups in total. The molecule has 2 amide bonds. The minimum Gasteiger partial charge on any atom is -0.356 e. The third-order valence-electron chi connectivity index (χ3n) is 2.64. The molecule has 0 aliphatic rings. The molecule has 0 saturated heterocycles. The highest BCUT2D eigenvalue weighted by atomic mass is 16.2. The van der Waals surface area contributed by atoms with E-state index in [1.165, 1.54) is 0 Å². The Bertz CT molecular complexity index is 228. The predicted molar refractivity (Wildman–Crippen MR) is 68.5 cm³/mol. The maximum absolute atomic E-state index is 11.6. The van der Waals surface area contributed by atoms with E-state index in [0.29, 0.717) is 32.6 Å². The summed E-state index contributed by atoms with van der Waals surface area (Å²) in [5, 5.41) is 2.78. The van der Waals surface area contributed by atoms with Crippen LogP contribution >= 0.6 is 0 Å². The first-order valence-electron chi connectivity index (χ1n) is 6.40.